The number of aliphatic carboxylic acids is 1. The van der Waals surface area contributed by atoms with E-state index in [4.69, 9.17) is 5.11 Å². The molecule has 0 saturated heterocycles. The highest BCUT2D eigenvalue weighted by molar-refractivity contribution is 8.00. The number of nitro benzene ring substituents is 1. The molecule has 1 rings (SSSR count). The highest BCUT2D eigenvalue weighted by atomic mass is 32.2. The molecule has 0 radical (unpaired) electrons. The minimum Gasteiger partial charge on any atom is -0.480 e. The van der Waals surface area contributed by atoms with Crippen LogP contribution in [0, 0.1) is 16.0 Å². The van der Waals surface area contributed by atoms with Gasteiger partial charge in [-0.15, -0.1) is 11.8 Å². The van der Waals surface area contributed by atoms with Crippen LogP contribution in [0.15, 0.2) is 28.0 Å². The van der Waals surface area contributed by atoms with Crippen LogP contribution >= 0.6 is 11.8 Å². The summed E-state index contributed by atoms with van der Waals surface area (Å²) in [7, 11) is -3.78. The molecular weight excluding hydrogens is 318 g/mol. The molecule has 7 nitrogen and oxygen atoms in total. The van der Waals surface area contributed by atoms with E-state index in [2.05, 4.69) is 0 Å². The van der Waals surface area contributed by atoms with Crippen LogP contribution < -0.4 is 0 Å². The molecular formula is C12H15NO6S2. The zero-order valence-corrected chi connectivity index (χ0v) is 13.3. The number of carboxylic acids is 1. The molecule has 9 heteroatoms. The molecule has 0 aliphatic carbocycles. The fourth-order valence-corrected chi connectivity index (χ4v) is 3.71. The number of thioether (sulfide) groups is 1. The summed E-state index contributed by atoms with van der Waals surface area (Å²) in [6.45, 7) is 3.36. The number of para-hydroxylation sites is 1. The Hall–Kier alpha value is -1.61. The van der Waals surface area contributed by atoms with Gasteiger partial charge in [-0.2, -0.15) is 0 Å². The van der Waals surface area contributed by atoms with Crippen molar-refractivity contribution in [3.63, 3.8) is 0 Å². The lowest BCUT2D eigenvalue weighted by Gasteiger charge is -2.16. The maximum absolute atomic E-state index is 11.6. The maximum Gasteiger partial charge on any atom is 0.317 e. The van der Waals surface area contributed by atoms with E-state index in [0.29, 0.717) is 0 Å². The summed E-state index contributed by atoms with van der Waals surface area (Å²) in [6.07, 6.45) is 0.876. The Balaban J connectivity index is 3.44. The third kappa shape index (κ3) is 4.18. The van der Waals surface area contributed by atoms with Crippen molar-refractivity contribution < 1.29 is 23.2 Å². The molecule has 0 spiro atoms. The minimum atomic E-state index is -3.78. The molecule has 1 unspecified atom stereocenters. The van der Waals surface area contributed by atoms with E-state index < -0.39 is 36.6 Å². The van der Waals surface area contributed by atoms with E-state index in [-0.39, 0.29) is 10.8 Å². The van der Waals surface area contributed by atoms with Gasteiger partial charge < -0.3 is 5.11 Å². The molecule has 0 saturated carbocycles. The predicted molar refractivity (Wildman–Crippen MR) is 78.3 cm³/mol. The monoisotopic (exact) mass is 333 g/mol. The summed E-state index contributed by atoms with van der Waals surface area (Å²) in [5.41, 5.74) is -0.572. The van der Waals surface area contributed by atoms with E-state index in [1.54, 1.807) is 13.8 Å². The third-order valence-electron chi connectivity index (χ3n) is 2.65. The Morgan fingerprint density at radius 1 is 1.38 bits per heavy atom. The lowest BCUT2D eigenvalue weighted by Crippen LogP contribution is -2.22. The van der Waals surface area contributed by atoms with Crippen molar-refractivity contribution in [1.82, 2.24) is 0 Å². The van der Waals surface area contributed by atoms with Crippen LogP contribution in [0.2, 0.25) is 0 Å². The summed E-state index contributed by atoms with van der Waals surface area (Å²) in [4.78, 5) is 21.2. The average molecular weight is 333 g/mol. The van der Waals surface area contributed by atoms with Gasteiger partial charge in [-0.25, -0.2) is 8.42 Å². The van der Waals surface area contributed by atoms with Crippen molar-refractivity contribution in [3.8, 4) is 0 Å². The molecule has 1 atom stereocenters. The van der Waals surface area contributed by atoms with Crippen molar-refractivity contribution >= 4 is 33.3 Å². The Labute approximate surface area is 126 Å². The van der Waals surface area contributed by atoms with Crippen molar-refractivity contribution in [1.29, 1.82) is 0 Å². The van der Waals surface area contributed by atoms with Crippen LogP contribution in [-0.2, 0) is 14.6 Å². The van der Waals surface area contributed by atoms with E-state index in [0.717, 1.165) is 24.1 Å². The number of sulfone groups is 1. The predicted octanol–water partition coefficient (Wildman–Crippen LogP) is 2.20. The largest absolute Gasteiger partial charge is 0.480 e. The van der Waals surface area contributed by atoms with E-state index in [9.17, 15) is 23.3 Å². The summed E-state index contributed by atoms with van der Waals surface area (Å²) in [6, 6.07) is 3.86. The molecule has 0 heterocycles. The van der Waals surface area contributed by atoms with Crippen LogP contribution in [0.5, 0.6) is 0 Å². The quantitative estimate of drug-likeness (QED) is 0.482. The molecule has 1 N–H and O–H groups in total. The first-order valence-electron chi connectivity index (χ1n) is 5.92. The number of nitro groups is 1. The number of carboxylic acid groups (broad SMARTS) is 1. The molecule has 21 heavy (non-hydrogen) atoms. The molecule has 0 aliphatic rings. The second-order valence-electron chi connectivity index (χ2n) is 4.75. The van der Waals surface area contributed by atoms with Gasteiger partial charge in [-0.3, -0.25) is 14.9 Å². The number of carbonyl (C=O) groups is 1. The minimum absolute atomic E-state index is 0.0315. The summed E-state index contributed by atoms with van der Waals surface area (Å²) in [5.74, 6) is -1.37. The summed E-state index contributed by atoms with van der Waals surface area (Å²) >= 11 is 0.784. The van der Waals surface area contributed by atoms with Gasteiger partial charge in [0, 0.05) is 6.26 Å². The Kier molecular flexibility index (Phi) is 5.35. The first kappa shape index (κ1) is 17.4. The third-order valence-corrected chi connectivity index (χ3v) is 5.36. The Morgan fingerprint density at radius 3 is 2.33 bits per heavy atom. The fourth-order valence-electron chi connectivity index (χ4n) is 1.68. The highest BCUT2D eigenvalue weighted by Crippen LogP contribution is 2.38. The van der Waals surface area contributed by atoms with Crippen molar-refractivity contribution in [2.75, 3.05) is 6.26 Å². The lowest BCUT2D eigenvalue weighted by atomic mass is 10.1. The van der Waals surface area contributed by atoms with Gasteiger partial charge in [0.1, 0.15) is 10.1 Å². The van der Waals surface area contributed by atoms with Gasteiger partial charge >= 0.3 is 11.7 Å². The van der Waals surface area contributed by atoms with Gasteiger partial charge in [0.2, 0.25) is 0 Å². The molecule has 116 valence electrons. The number of benzene rings is 1. The van der Waals surface area contributed by atoms with Crippen molar-refractivity contribution in [2.24, 2.45) is 5.92 Å². The molecule has 0 amide bonds. The number of hydrogen-bond donors (Lipinski definition) is 1. The standard InChI is InChI=1S/C12H15NO6S2/c1-7(2)11(12(14)15)20-8-5-4-6-9(21(3,18)19)10(8)13(16)17/h4-7,11H,1-3H3,(H,14,15). The molecule has 1 aromatic rings. The molecule has 0 fully saturated rings. The summed E-state index contributed by atoms with van der Waals surface area (Å²) < 4.78 is 23.3. The normalized spacial score (nSPS) is 13.1. The highest BCUT2D eigenvalue weighted by Gasteiger charge is 2.30. The molecule has 0 aliphatic heterocycles. The van der Waals surface area contributed by atoms with Crippen LogP contribution in [0.1, 0.15) is 13.8 Å². The van der Waals surface area contributed by atoms with Crippen molar-refractivity contribution in [3.05, 3.63) is 28.3 Å². The topological polar surface area (TPSA) is 115 Å². The summed E-state index contributed by atoms with van der Waals surface area (Å²) in [5, 5.41) is 19.4. The van der Waals surface area contributed by atoms with Gasteiger partial charge in [-0.05, 0) is 18.1 Å². The fraction of sp³-hybridized carbons (Fsp3) is 0.417. The number of nitrogens with zero attached hydrogens (tertiary/aromatic N) is 1. The second-order valence-corrected chi connectivity index (χ2v) is 7.92. The molecule has 0 bridgehead atoms. The van der Waals surface area contributed by atoms with Crippen molar-refractivity contribution in [2.45, 2.75) is 28.9 Å². The zero-order valence-electron chi connectivity index (χ0n) is 11.6. The molecule has 1 aromatic carbocycles. The smallest absolute Gasteiger partial charge is 0.317 e. The van der Waals surface area contributed by atoms with Crippen LogP contribution in [0.3, 0.4) is 0 Å². The average Bonchev–Trinajstić information content (AvgIpc) is 2.33. The van der Waals surface area contributed by atoms with Crippen LogP contribution in [0.25, 0.3) is 0 Å². The van der Waals surface area contributed by atoms with E-state index >= 15 is 0 Å². The van der Waals surface area contributed by atoms with Gasteiger partial charge in [0.25, 0.3) is 0 Å². The zero-order chi connectivity index (χ0) is 16.4. The SMILES string of the molecule is CC(C)C(Sc1cccc(S(C)(=O)=O)c1[N+](=O)[O-])C(=O)O. The van der Waals surface area contributed by atoms with Crippen LogP contribution in [0.4, 0.5) is 5.69 Å². The number of rotatable bonds is 6. The van der Waals surface area contributed by atoms with Gasteiger partial charge in [0.15, 0.2) is 9.84 Å². The van der Waals surface area contributed by atoms with E-state index in [1.807, 2.05) is 0 Å². The first-order chi connectivity index (χ1) is 9.55. The van der Waals surface area contributed by atoms with Gasteiger partial charge in [-0.1, -0.05) is 19.9 Å². The first-order valence-corrected chi connectivity index (χ1v) is 8.69. The molecule has 0 aromatic heterocycles. The number of hydrogen-bond acceptors (Lipinski definition) is 6. The van der Waals surface area contributed by atoms with E-state index in [1.165, 1.54) is 12.1 Å². The second kappa shape index (κ2) is 6.44. The lowest BCUT2D eigenvalue weighted by molar-refractivity contribution is -0.390. The van der Waals surface area contributed by atoms with Crippen LogP contribution in [-0.4, -0.2) is 35.9 Å². The Morgan fingerprint density at radius 2 is 1.95 bits per heavy atom. The Bertz CT molecular complexity index is 668. The van der Waals surface area contributed by atoms with Gasteiger partial charge in [0.05, 0.1) is 9.82 Å². The maximum atomic E-state index is 11.6.